The van der Waals surface area contributed by atoms with Gasteiger partial charge in [-0.05, 0) is 44.5 Å². The van der Waals surface area contributed by atoms with Crippen molar-refractivity contribution < 1.29 is 26.9 Å². The van der Waals surface area contributed by atoms with Crippen LogP contribution in [0.5, 0.6) is 0 Å². The van der Waals surface area contributed by atoms with Crippen molar-refractivity contribution in [1.29, 1.82) is 0 Å². The van der Waals surface area contributed by atoms with Crippen LogP contribution in [0.25, 0.3) is 0 Å². The Kier molecular flexibility index (Phi) is 3.78. The first-order valence-electron chi connectivity index (χ1n) is 5.01. The van der Waals surface area contributed by atoms with E-state index in [0.29, 0.717) is 0 Å². The molecular weight excluding hydrogens is 263 g/mol. The fourth-order valence-corrected chi connectivity index (χ4v) is 2.40. The molecule has 1 N–H and O–H groups in total. The molecule has 1 aromatic rings. The zero-order valence-corrected chi connectivity index (χ0v) is 10.9. The molecule has 1 aromatic carbocycles. The third-order valence-electron chi connectivity index (χ3n) is 2.25. The topological polar surface area (TPSA) is 80.7 Å². The van der Waals surface area contributed by atoms with E-state index in [1.807, 2.05) is 0 Å². The van der Waals surface area contributed by atoms with Crippen LogP contribution in [0.2, 0.25) is 0 Å². The summed E-state index contributed by atoms with van der Waals surface area (Å²) < 4.78 is 41.3. The third kappa shape index (κ3) is 3.05. The monoisotopic (exact) mass is 276 g/mol. The molecule has 0 saturated heterocycles. The molecule has 0 atom stereocenters. The van der Waals surface area contributed by atoms with Crippen LogP contribution in [0.3, 0.4) is 0 Å². The molecule has 0 saturated carbocycles. The van der Waals surface area contributed by atoms with E-state index in [4.69, 9.17) is 5.11 Å². The highest BCUT2D eigenvalue weighted by Crippen LogP contribution is 2.22. The number of benzene rings is 1. The number of rotatable bonds is 4. The molecule has 0 heterocycles. The lowest BCUT2D eigenvalue weighted by Crippen LogP contribution is -2.37. The fraction of sp³-hybridized carbons (Fsp3) is 0.364. The van der Waals surface area contributed by atoms with Crippen LogP contribution < -0.4 is 0 Å². The summed E-state index contributed by atoms with van der Waals surface area (Å²) in [6, 6.07) is 3.09. The second-order valence-corrected chi connectivity index (χ2v) is 5.81. The lowest BCUT2D eigenvalue weighted by atomic mass is 10.1. The summed E-state index contributed by atoms with van der Waals surface area (Å²) >= 11 is 0. The summed E-state index contributed by atoms with van der Waals surface area (Å²) in [5.41, 5.74) is -1.76. The maximum absolute atomic E-state index is 13.0. The van der Waals surface area contributed by atoms with E-state index in [1.54, 1.807) is 0 Å². The molecule has 18 heavy (non-hydrogen) atoms. The average molecular weight is 276 g/mol. The SMILES string of the molecule is Cc1cc(S(=O)(=O)OC(C)(C)C(=O)O)ccc1F. The second-order valence-electron chi connectivity index (χ2n) is 4.26. The lowest BCUT2D eigenvalue weighted by Gasteiger charge is -2.19. The predicted molar refractivity (Wildman–Crippen MR) is 61.1 cm³/mol. The van der Waals surface area contributed by atoms with Crippen molar-refractivity contribution in [2.45, 2.75) is 31.3 Å². The van der Waals surface area contributed by atoms with Gasteiger partial charge in [-0.2, -0.15) is 8.42 Å². The smallest absolute Gasteiger partial charge is 0.336 e. The molecule has 0 unspecified atom stereocenters. The van der Waals surface area contributed by atoms with Crippen LogP contribution in [0.4, 0.5) is 4.39 Å². The Bertz CT molecular complexity index is 577. The number of carboxylic acids is 1. The van der Waals surface area contributed by atoms with Crippen LogP contribution >= 0.6 is 0 Å². The minimum Gasteiger partial charge on any atom is -0.479 e. The minimum absolute atomic E-state index is 0.132. The average Bonchev–Trinajstić information content (AvgIpc) is 2.20. The molecule has 1 rings (SSSR count). The van der Waals surface area contributed by atoms with Crippen molar-refractivity contribution >= 4 is 16.1 Å². The highest BCUT2D eigenvalue weighted by molar-refractivity contribution is 7.86. The van der Waals surface area contributed by atoms with Crippen molar-refractivity contribution in [3.63, 3.8) is 0 Å². The zero-order valence-electron chi connectivity index (χ0n) is 10.1. The van der Waals surface area contributed by atoms with Gasteiger partial charge in [0, 0.05) is 0 Å². The van der Waals surface area contributed by atoms with Gasteiger partial charge >= 0.3 is 5.97 Å². The molecule has 0 aliphatic carbocycles. The quantitative estimate of drug-likeness (QED) is 0.847. The van der Waals surface area contributed by atoms with E-state index in [0.717, 1.165) is 32.0 Å². The van der Waals surface area contributed by atoms with Gasteiger partial charge in [0.2, 0.25) is 0 Å². The third-order valence-corrected chi connectivity index (χ3v) is 3.72. The van der Waals surface area contributed by atoms with E-state index >= 15 is 0 Å². The van der Waals surface area contributed by atoms with Gasteiger partial charge in [0.1, 0.15) is 5.82 Å². The van der Waals surface area contributed by atoms with Gasteiger partial charge in [-0.25, -0.2) is 13.4 Å². The van der Waals surface area contributed by atoms with E-state index in [2.05, 4.69) is 4.18 Å². The number of carboxylic acid groups (broad SMARTS) is 1. The van der Waals surface area contributed by atoms with Gasteiger partial charge in [0.25, 0.3) is 10.1 Å². The maximum Gasteiger partial charge on any atom is 0.336 e. The normalized spacial score (nSPS) is 12.4. The number of hydrogen-bond acceptors (Lipinski definition) is 4. The Hall–Kier alpha value is -1.47. The van der Waals surface area contributed by atoms with Crippen molar-refractivity contribution in [2.24, 2.45) is 0 Å². The first-order chi connectivity index (χ1) is 8.06. The molecule has 0 amide bonds. The van der Waals surface area contributed by atoms with E-state index < -0.39 is 27.5 Å². The highest BCUT2D eigenvalue weighted by atomic mass is 32.2. The molecule has 0 aliphatic heterocycles. The van der Waals surface area contributed by atoms with Crippen LogP contribution in [0.1, 0.15) is 19.4 Å². The molecule has 5 nitrogen and oxygen atoms in total. The Morgan fingerprint density at radius 2 is 1.94 bits per heavy atom. The van der Waals surface area contributed by atoms with Gasteiger partial charge < -0.3 is 5.11 Å². The van der Waals surface area contributed by atoms with Crippen LogP contribution in [0.15, 0.2) is 23.1 Å². The molecule has 100 valence electrons. The number of aliphatic carboxylic acids is 1. The number of hydrogen-bond donors (Lipinski definition) is 1. The van der Waals surface area contributed by atoms with Gasteiger partial charge in [-0.15, -0.1) is 0 Å². The molecule has 0 aromatic heterocycles. The van der Waals surface area contributed by atoms with Crippen LogP contribution in [-0.4, -0.2) is 25.1 Å². The molecule has 0 aliphatic rings. The maximum atomic E-state index is 13.0. The summed E-state index contributed by atoms with van der Waals surface area (Å²) in [4.78, 5) is 10.5. The van der Waals surface area contributed by atoms with Crippen molar-refractivity contribution in [3.05, 3.63) is 29.6 Å². The van der Waals surface area contributed by atoms with Gasteiger partial charge in [0.15, 0.2) is 5.60 Å². The van der Waals surface area contributed by atoms with Gasteiger partial charge in [0.05, 0.1) is 4.90 Å². The Morgan fingerprint density at radius 3 is 2.39 bits per heavy atom. The second kappa shape index (κ2) is 4.66. The Morgan fingerprint density at radius 1 is 1.39 bits per heavy atom. The standard InChI is InChI=1S/C11H13FO5S/c1-7-6-8(4-5-9(7)12)18(15,16)17-11(2,3)10(13)14/h4-6H,1-3H3,(H,13,14). The summed E-state index contributed by atoms with van der Waals surface area (Å²) in [6.45, 7) is 3.63. The first kappa shape index (κ1) is 14.6. The largest absolute Gasteiger partial charge is 0.479 e. The number of aryl methyl sites for hydroxylation is 1. The van der Waals surface area contributed by atoms with E-state index in [9.17, 15) is 17.6 Å². The molecule has 0 spiro atoms. The molecular formula is C11H13FO5S. The first-order valence-corrected chi connectivity index (χ1v) is 6.42. The van der Waals surface area contributed by atoms with Crippen LogP contribution in [0, 0.1) is 12.7 Å². The Balaban J connectivity index is 3.15. The molecule has 0 fully saturated rings. The van der Waals surface area contributed by atoms with Crippen LogP contribution in [-0.2, 0) is 19.1 Å². The summed E-state index contributed by atoms with van der Waals surface area (Å²) in [5.74, 6) is -1.96. The zero-order chi connectivity index (χ0) is 14.1. The predicted octanol–water partition coefficient (Wildman–Crippen LogP) is 1.70. The fourth-order valence-electron chi connectivity index (χ4n) is 1.13. The lowest BCUT2D eigenvalue weighted by molar-refractivity contribution is -0.151. The van der Waals surface area contributed by atoms with Crippen molar-refractivity contribution in [2.75, 3.05) is 0 Å². The summed E-state index contributed by atoms with van der Waals surface area (Å²) in [5, 5.41) is 8.80. The molecule has 0 bridgehead atoms. The van der Waals surface area contributed by atoms with E-state index in [1.165, 1.54) is 6.92 Å². The van der Waals surface area contributed by atoms with Crippen molar-refractivity contribution in [3.8, 4) is 0 Å². The highest BCUT2D eigenvalue weighted by Gasteiger charge is 2.35. The van der Waals surface area contributed by atoms with Gasteiger partial charge in [-0.1, -0.05) is 0 Å². The minimum atomic E-state index is -4.25. The number of carbonyl (C=O) groups is 1. The number of halogens is 1. The van der Waals surface area contributed by atoms with Gasteiger partial charge in [-0.3, -0.25) is 0 Å². The molecule has 7 heteroatoms. The van der Waals surface area contributed by atoms with E-state index in [-0.39, 0.29) is 10.5 Å². The summed E-state index contributed by atoms with van der Waals surface area (Å²) in [6.07, 6.45) is 0. The summed E-state index contributed by atoms with van der Waals surface area (Å²) in [7, 11) is -4.25. The Labute approximate surface area is 104 Å². The van der Waals surface area contributed by atoms with Crippen molar-refractivity contribution in [1.82, 2.24) is 0 Å². The molecule has 0 radical (unpaired) electrons.